The van der Waals surface area contributed by atoms with E-state index in [1.54, 1.807) is 11.8 Å². The number of carbonyl (C=O) groups is 1. The normalized spacial score (nSPS) is 20.0. The minimum atomic E-state index is -4.53. The highest BCUT2D eigenvalue weighted by Gasteiger charge is 2.45. The molecule has 2 unspecified atom stereocenters. The van der Waals surface area contributed by atoms with E-state index in [0.717, 1.165) is 48.5 Å². The van der Waals surface area contributed by atoms with Crippen LogP contribution in [-0.4, -0.2) is 46.8 Å². The molecule has 9 heteroatoms. The minimum absolute atomic E-state index is 0.111. The Morgan fingerprint density at radius 1 is 1.09 bits per heavy atom. The number of fused-ring (bicyclic) bond motifs is 3. The van der Waals surface area contributed by atoms with Crippen LogP contribution in [-0.2, 0) is 6.18 Å². The quantitative estimate of drug-likeness (QED) is 0.546. The van der Waals surface area contributed by atoms with Crippen molar-refractivity contribution in [2.24, 2.45) is 0 Å². The second-order valence-corrected chi connectivity index (χ2v) is 9.42. The fourth-order valence-electron chi connectivity index (χ4n) is 5.23. The van der Waals surface area contributed by atoms with Gasteiger partial charge in [0.2, 0.25) is 5.43 Å². The van der Waals surface area contributed by atoms with Crippen molar-refractivity contribution in [2.75, 3.05) is 25.0 Å². The van der Waals surface area contributed by atoms with Gasteiger partial charge in [0.25, 0.3) is 5.91 Å². The Hall–Kier alpha value is -3.46. The van der Waals surface area contributed by atoms with Crippen LogP contribution in [0.5, 0.6) is 0 Å². The molecule has 0 N–H and O–H groups in total. The summed E-state index contributed by atoms with van der Waals surface area (Å²) in [5.41, 5.74) is 1.69. The molecule has 2 atom stereocenters. The Bertz CT molecular complexity index is 1380. The molecular formula is C26H25F3N4O2. The maximum atomic E-state index is 13.8. The summed E-state index contributed by atoms with van der Waals surface area (Å²) < 4.78 is 41.0. The van der Waals surface area contributed by atoms with E-state index in [1.165, 1.54) is 22.9 Å². The van der Waals surface area contributed by atoms with Gasteiger partial charge in [-0.15, -0.1) is 0 Å². The zero-order valence-electron chi connectivity index (χ0n) is 19.6. The fourth-order valence-corrected chi connectivity index (χ4v) is 5.23. The highest BCUT2D eigenvalue weighted by atomic mass is 19.4. The molecule has 1 aromatic heterocycles. The number of benzene rings is 2. The zero-order chi connectivity index (χ0) is 25.1. The first kappa shape index (κ1) is 23.3. The summed E-state index contributed by atoms with van der Waals surface area (Å²) in [6.45, 7) is 5.18. The third-order valence-corrected chi connectivity index (χ3v) is 6.90. The van der Waals surface area contributed by atoms with E-state index in [2.05, 4.69) is 16.1 Å². The molecule has 0 saturated carbocycles. The van der Waals surface area contributed by atoms with Crippen LogP contribution in [0.1, 0.15) is 45.2 Å². The van der Waals surface area contributed by atoms with Crippen molar-refractivity contribution in [1.29, 1.82) is 0 Å². The fraction of sp³-hybridized carbons (Fsp3) is 0.346. The van der Waals surface area contributed by atoms with Crippen molar-refractivity contribution in [3.63, 3.8) is 0 Å². The Labute approximate surface area is 200 Å². The number of halogens is 3. The first-order valence-corrected chi connectivity index (χ1v) is 11.5. The molecule has 35 heavy (non-hydrogen) atoms. The van der Waals surface area contributed by atoms with Gasteiger partial charge in [-0.1, -0.05) is 23.8 Å². The van der Waals surface area contributed by atoms with Crippen molar-refractivity contribution < 1.29 is 18.0 Å². The van der Waals surface area contributed by atoms with Crippen LogP contribution in [0.15, 0.2) is 53.3 Å². The van der Waals surface area contributed by atoms with E-state index in [-0.39, 0.29) is 23.3 Å². The average Bonchev–Trinajstić information content (AvgIpc) is 3.11. The second-order valence-electron chi connectivity index (χ2n) is 9.42. The molecule has 0 aliphatic carbocycles. The lowest BCUT2D eigenvalue weighted by Gasteiger charge is -2.36. The number of likely N-dealkylation sites (tertiary alicyclic amines) is 1. The number of amides is 1. The lowest BCUT2D eigenvalue weighted by atomic mass is 9.89. The maximum Gasteiger partial charge on any atom is 0.416 e. The van der Waals surface area contributed by atoms with Crippen LogP contribution in [0.4, 0.5) is 18.9 Å². The van der Waals surface area contributed by atoms with Gasteiger partial charge in [0.1, 0.15) is 0 Å². The lowest BCUT2D eigenvalue weighted by Crippen LogP contribution is -2.48. The number of hydrogen-bond acceptors (Lipinski definition) is 4. The van der Waals surface area contributed by atoms with Gasteiger partial charge >= 0.3 is 6.18 Å². The van der Waals surface area contributed by atoms with E-state index >= 15 is 0 Å². The molecule has 3 heterocycles. The highest BCUT2D eigenvalue weighted by Crippen LogP contribution is 2.45. The molecule has 3 aromatic rings. The number of rotatable bonds is 2. The predicted octanol–water partition coefficient (Wildman–Crippen LogP) is 4.32. The Balaban J connectivity index is 1.60. The van der Waals surface area contributed by atoms with E-state index < -0.39 is 23.1 Å². The molecule has 6 nitrogen and oxygen atoms in total. The summed E-state index contributed by atoms with van der Waals surface area (Å²) in [4.78, 5) is 30.6. The summed E-state index contributed by atoms with van der Waals surface area (Å²) in [5.74, 6) is -0.415. The molecule has 1 saturated heterocycles. The molecule has 1 amide bonds. The molecule has 0 bridgehead atoms. The second kappa shape index (κ2) is 8.34. The molecule has 0 radical (unpaired) electrons. The van der Waals surface area contributed by atoms with Gasteiger partial charge in [-0.3, -0.25) is 9.59 Å². The number of anilines is 1. The van der Waals surface area contributed by atoms with Gasteiger partial charge in [0, 0.05) is 36.0 Å². The number of nitrogens with zero attached hydrogens (tertiary/aromatic N) is 4. The van der Waals surface area contributed by atoms with E-state index in [0.29, 0.717) is 5.69 Å². The molecular weight excluding hydrogens is 457 g/mol. The molecule has 2 aromatic carbocycles. The Morgan fingerprint density at radius 3 is 2.60 bits per heavy atom. The van der Waals surface area contributed by atoms with Gasteiger partial charge < -0.3 is 9.80 Å². The van der Waals surface area contributed by atoms with Gasteiger partial charge in [-0.25, -0.2) is 4.68 Å². The van der Waals surface area contributed by atoms with E-state index in [9.17, 15) is 22.8 Å². The van der Waals surface area contributed by atoms with Crippen LogP contribution < -0.4 is 10.3 Å². The average molecular weight is 483 g/mol. The first-order valence-electron chi connectivity index (χ1n) is 11.5. The zero-order valence-corrected chi connectivity index (χ0v) is 19.6. The summed E-state index contributed by atoms with van der Waals surface area (Å²) in [5, 5.41) is 4.29. The van der Waals surface area contributed by atoms with E-state index in [4.69, 9.17) is 0 Å². The van der Waals surface area contributed by atoms with Crippen molar-refractivity contribution in [3.05, 3.63) is 86.8 Å². The smallest absolute Gasteiger partial charge is 0.306 e. The third kappa shape index (κ3) is 4.03. The van der Waals surface area contributed by atoms with Gasteiger partial charge in [0.05, 0.1) is 11.3 Å². The number of carbonyl (C=O) groups excluding carboxylic acids is 1. The number of likely N-dealkylation sites (N-methyl/N-ethyl adjacent to an activating group) is 1. The van der Waals surface area contributed by atoms with Gasteiger partial charge in [-0.05, 0) is 63.7 Å². The monoisotopic (exact) mass is 482 g/mol. The minimum Gasteiger partial charge on any atom is -0.306 e. The van der Waals surface area contributed by atoms with Crippen LogP contribution in [0.3, 0.4) is 0 Å². The van der Waals surface area contributed by atoms with Crippen molar-refractivity contribution >= 4 is 11.6 Å². The summed E-state index contributed by atoms with van der Waals surface area (Å²) >= 11 is 0. The first-order chi connectivity index (χ1) is 16.5. The third-order valence-electron chi connectivity index (χ3n) is 6.90. The molecule has 2 aliphatic rings. The number of aryl methyl sites for hydroxylation is 2. The molecule has 182 valence electrons. The number of hydrogen-bond donors (Lipinski definition) is 0. The van der Waals surface area contributed by atoms with Crippen LogP contribution in [0.25, 0.3) is 5.69 Å². The summed E-state index contributed by atoms with van der Waals surface area (Å²) in [6, 6.07) is 11.7. The van der Waals surface area contributed by atoms with Crippen molar-refractivity contribution in [3.8, 4) is 5.69 Å². The Morgan fingerprint density at radius 2 is 1.86 bits per heavy atom. The number of piperidine rings is 1. The van der Waals surface area contributed by atoms with Crippen LogP contribution in [0.2, 0.25) is 0 Å². The molecule has 5 rings (SSSR count). The topological polar surface area (TPSA) is 58.4 Å². The SMILES string of the molecule is Cc1ccc2c(c1)C1CN(C)CCC1N2C(=O)c1nn(-c2cccc(C(F)(F)F)c2)c(C)cc1=O. The Kier molecular flexibility index (Phi) is 5.55. The molecule has 2 aliphatic heterocycles. The van der Waals surface area contributed by atoms with Crippen molar-refractivity contribution in [2.45, 2.75) is 38.4 Å². The molecule has 1 fully saturated rings. The lowest BCUT2D eigenvalue weighted by molar-refractivity contribution is -0.137. The van der Waals surface area contributed by atoms with Gasteiger partial charge in [0.15, 0.2) is 5.69 Å². The van der Waals surface area contributed by atoms with Crippen LogP contribution >= 0.6 is 0 Å². The highest BCUT2D eigenvalue weighted by molar-refractivity contribution is 6.06. The largest absolute Gasteiger partial charge is 0.416 e. The number of alkyl halides is 3. The van der Waals surface area contributed by atoms with Gasteiger partial charge in [-0.2, -0.15) is 18.3 Å². The standard InChI is InChI=1S/C26H25F3N4O2/c1-15-7-8-21-19(11-15)20-14-31(3)10-9-22(20)32(21)25(35)24-23(34)12-16(2)33(30-24)18-6-4-5-17(13-18)26(27,28)29/h4-8,11-13,20,22H,9-10,14H2,1-3H3. The summed E-state index contributed by atoms with van der Waals surface area (Å²) in [6.07, 6.45) is -3.78. The predicted molar refractivity (Wildman–Crippen MR) is 126 cm³/mol. The van der Waals surface area contributed by atoms with Crippen molar-refractivity contribution in [1.82, 2.24) is 14.7 Å². The van der Waals surface area contributed by atoms with E-state index in [1.807, 2.05) is 26.1 Å². The summed E-state index contributed by atoms with van der Waals surface area (Å²) in [7, 11) is 2.05. The molecule has 0 spiro atoms. The van der Waals surface area contributed by atoms with Crippen LogP contribution in [0, 0.1) is 13.8 Å². The maximum absolute atomic E-state index is 13.8. The number of aromatic nitrogens is 2.